The van der Waals surface area contributed by atoms with E-state index in [1.54, 1.807) is 25.4 Å². The fourth-order valence-electron chi connectivity index (χ4n) is 20.8. The number of rotatable bonds is 17. The number of fused-ring (bicyclic) bond motifs is 4. The second kappa shape index (κ2) is 44.5. The van der Waals surface area contributed by atoms with Gasteiger partial charge in [0, 0.05) is 160 Å². The fraction of sp³-hybridized carbons (Fsp3) is 0.459. The van der Waals surface area contributed by atoms with Crippen LogP contribution in [0.1, 0.15) is 168 Å². The average molecular weight is 1890 g/mol. The number of likely N-dealkylation sites (tertiary alicyclic amines) is 5. The number of aromatic nitrogens is 8. The number of hydrogen-bond donors (Lipinski definition) is 0. The highest BCUT2D eigenvalue weighted by Gasteiger charge is 2.36. The number of hydrogen-bond acceptors (Lipinski definition) is 20. The van der Waals surface area contributed by atoms with Crippen molar-refractivity contribution in [2.45, 2.75) is 202 Å². The van der Waals surface area contributed by atoms with Crippen LogP contribution in [0.25, 0.3) is 66.4 Å². The fourth-order valence-corrected chi connectivity index (χ4v) is 20.8. The molecule has 4 amide bonds. The van der Waals surface area contributed by atoms with Crippen molar-refractivity contribution in [3.63, 3.8) is 0 Å². The van der Waals surface area contributed by atoms with Crippen LogP contribution in [0.2, 0.25) is 0 Å². The van der Waals surface area contributed by atoms with Crippen LogP contribution in [0.4, 0.5) is 0 Å². The van der Waals surface area contributed by atoms with Crippen LogP contribution in [0, 0.1) is 79.1 Å². The number of carbonyl (C=O) groups is 4. The van der Waals surface area contributed by atoms with E-state index < -0.39 is 0 Å². The molecule has 8 fully saturated rings. The van der Waals surface area contributed by atoms with Gasteiger partial charge in [0.2, 0.25) is 23.6 Å². The standard InChI is InChI=1S/C28H34N4O3.C28H33N3O5.C28H33N3O3.C27H31N3O4/c1-19-4-9-26-25(18-19)28(34)32(20(2)29-26)22-5-7-23(8-6-22)35-24-12-16-31(17-13-24)27(33)21-10-14-30(3)15-11-21;1-18-4-6-24-23(16-18)28(33)31(19(2)29-24)25-7-5-22(17-26(25)34-3)36-21-8-12-30(13-9-21)27(32)20-10-14-35-15-11-20;1-19-8-13-26-25(18-19)28(33)31(20(2)29-26)22-9-11-23(12-10-22)34-24-14-16-30(17-15-24)27(32)21-6-4-3-5-7-21;1-18-3-8-25-24(17-18)27(32)30(19(2)28-25)21-4-6-22(7-5-21)34-23-9-13-29(14-10-23)26(31)20-11-15-33-16-12-20/h4-9,18,21,24H,10-17H2,1-3H3;4-7,16-17,20-21H,8-15H2,1-3H3;8-13,18,21,24H,3-7,14-17H2,1-2H3;3-8,17,20,23H,9-16H2,1-2H3. The molecule has 8 aromatic carbocycles. The molecule has 0 radical (unpaired) electrons. The molecule has 28 nitrogen and oxygen atoms in total. The van der Waals surface area contributed by atoms with Crippen LogP contribution in [0.15, 0.2) is 183 Å². The molecule has 11 heterocycles. The molecule has 4 aromatic heterocycles. The van der Waals surface area contributed by atoms with Gasteiger partial charge < -0.3 is 57.7 Å². The minimum Gasteiger partial charge on any atom is -0.494 e. The second-order valence-electron chi connectivity index (χ2n) is 38.9. The summed E-state index contributed by atoms with van der Waals surface area (Å²) in [7, 11) is 3.71. The predicted molar refractivity (Wildman–Crippen MR) is 539 cm³/mol. The van der Waals surface area contributed by atoms with Crippen LogP contribution in [0.3, 0.4) is 0 Å². The summed E-state index contributed by atoms with van der Waals surface area (Å²) >= 11 is 0. The van der Waals surface area contributed by atoms with E-state index in [4.69, 9.17) is 33.2 Å². The number of amides is 4. The van der Waals surface area contributed by atoms with Crippen LogP contribution < -0.4 is 45.9 Å². The zero-order chi connectivity index (χ0) is 97.1. The van der Waals surface area contributed by atoms with E-state index in [1.165, 1.54) is 19.3 Å². The number of methoxy groups -OCH3 is 1. The zero-order valence-corrected chi connectivity index (χ0v) is 82.0. The van der Waals surface area contributed by atoms with E-state index >= 15 is 0 Å². The Hall–Kier alpha value is -12.9. The largest absolute Gasteiger partial charge is 0.494 e. The van der Waals surface area contributed by atoms with Gasteiger partial charge in [0.05, 0.1) is 73.5 Å². The minimum atomic E-state index is -0.130. The summed E-state index contributed by atoms with van der Waals surface area (Å²) in [6.07, 6.45) is 17.9. The molecule has 12 aromatic rings. The van der Waals surface area contributed by atoms with Crippen molar-refractivity contribution in [2.75, 3.05) is 106 Å². The maximum absolute atomic E-state index is 13.4. The van der Waals surface area contributed by atoms with Crippen LogP contribution in [0.5, 0.6) is 28.7 Å². The van der Waals surface area contributed by atoms with Gasteiger partial charge in [-0.25, -0.2) is 19.9 Å². The molecule has 20 rings (SSSR count). The van der Waals surface area contributed by atoms with Gasteiger partial charge in [-0.05, 0) is 260 Å². The third-order valence-electron chi connectivity index (χ3n) is 28.8. The Morgan fingerprint density at radius 3 is 0.863 bits per heavy atom. The van der Waals surface area contributed by atoms with Crippen molar-refractivity contribution < 1.29 is 52.3 Å². The molecule has 0 N–H and O–H groups in total. The molecule has 28 heteroatoms. The number of benzene rings is 8. The highest BCUT2D eigenvalue weighted by molar-refractivity contribution is 5.84. The number of carbonyl (C=O) groups excluding carboxylic acids is 4. The summed E-state index contributed by atoms with van der Waals surface area (Å²) in [6.45, 7) is 25.9. The van der Waals surface area contributed by atoms with Crippen molar-refractivity contribution in [3.8, 4) is 51.5 Å². The Balaban J connectivity index is 0.000000128. The first-order valence-electron chi connectivity index (χ1n) is 50.0. The summed E-state index contributed by atoms with van der Waals surface area (Å²) in [5.41, 5.74) is 9.57. The monoisotopic (exact) mass is 1890 g/mol. The summed E-state index contributed by atoms with van der Waals surface area (Å²) in [4.78, 5) is 133. The molecule has 1 saturated carbocycles. The first kappa shape index (κ1) is 97.7. The zero-order valence-electron chi connectivity index (χ0n) is 82.0. The van der Waals surface area contributed by atoms with Crippen molar-refractivity contribution in [1.82, 2.24) is 62.7 Å². The van der Waals surface area contributed by atoms with Gasteiger partial charge in [0.25, 0.3) is 22.2 Å². The van der Waals surface area contributed by atoms with E-state index in [2.05, 4.69) is 31.9 Å². The van der Waals surface area contributed by atoms with E-state index in [0.717, 1.165) is 223 Å². The molecule has 7 aliphatic heterocycles. The Bertz CT molecular complexity index is 6460. The Labute approximate surface area is 811 Å². The summed E-state index contributed by atoms with van der Waals surface area (Å²) < 4.78 is 47.9. The SMILES string of the molecule is COc1cc(OC2CCN(C(=O)C3CCOCC3)CC2)ccc1-n1c(C)nc2ccc(C)cc2c1=O.Cc1ccc2nc(C)n(-c3ccc(OC4CCN(C(=O)C5CCCCC5)CC4)cc3)c(=O)c2c1.Cc1ccc2nc(C)n(-c3ccc(OC4CCN(C(=O)C5CCN(C)CC5)CC4)cc3)c(=O)c2c1.Cc1ccc2nc(C)n(-c3ccc(OC4CCN(C(=O)C5CCOCC5)CC4)cc3)c(=O)c2c1. The topological polar surface area (TPSA) is 289 Å². The minimum absolute atomic E-state index is 0.0223. The Morgan fingerprint density at radius 1 is 0.295 bits per heavy atom. The Kier molecular flexibility index (Phi) is 31.3. The van der Waals surface area contributed by atoms with Gasteiger partial charge in [-0.3, -0.25) is 56.6 Å². The lowest BCUT2D eigenvalue weighted by Crippen LogP contribution is -2.46. The van der Waals surface area contributed by atoms with Crippen molar-refractivity contribution in [1.29, 1.82) is 0 Å². The molecule has 730 valence electrons. The summed E-state index contributed by atoms with van der Waals surface area (Å²) in [5.74, 6) is 7.92. The van der Waals surface area contributed by atoms with Crippen molar-refractivity contribution >= 4 is 67.2 Å². The molecule has 0 bridgehead atoms. The van der Waals surface area contributed by atoms with E-state index in [1.807, 2.05) is 239 Å². The number of nitrogens with zero attached hydrogens (tertiary/aromatic N) is 13. The maximum Gasteiger partial charge on any atom is 0.266 e. The lowest BCUT2D eigenvalue weighted by Gasteiger charge is -2.36. The molecule has 0 atom stereocenters. The highest BCUT2D eigenvalue weighted by Crippen LogP contribution is 2.35. The first-order valence-corrected chi connectivity index (χ1v) is 50.0. The van der Waals surface area contributed by atoms with Gasteiger partial charge in [0.1, 0.15) is 76.5 Å². The molecule has 8 aliphatic rings. The first-order chi connectivity index (χ1) is 67.3. The normalized spacial score (nSPS) is 17.8. The predicted octanol–water partition coefficient (Wildman–Crippen LogP) is 16.3. The van der Waals surface area contributed by atoms with E-state index in [0.29, 0.717) is 124 Å². The lowest BCUT2D eigenvalue weighted by atomic mass is 9.88. The van der Waals surface area contributed by atoms with E-state index in [-0.39, 0.29) is 82.1 Å². The molecule has 7 saturated heterocycles. The van der Waals surface area contributed by atoms with Gasteiger partial charge in [-0.15, -0.1) is 0 Å². The second-order valence-corrected chi connectivity index (χ2v) is 38.9. The molecular formula is C111H131N13O15. The molecule has 0 spiro atoms. The van der Waals surface area contributed by atoms with Gasteiger partial charge in [0.15, 0.2) is 0 Å². The summed E-state index contributed by atoms with van der Waals surface area (Å²) in [5, 5.41) is 2.44. The van der Waals surface area contributed by atoms with Crippen molar-refractivity contribution in [2.24, 2.45) is 23.7 Å². The number of piperidine rings is 5. The van der Waals surface area contributed by atoms with E-state index in [9.17, 15) is 38.4 Å². The maximum atomic E-state index is 13.4. The Morgan fingerprint density at radius 2 is 0.561 bits per heavy atom. The van der Waals surface area contributed by atoms with Gasteiger partial charge in [-0.2, -0.15) is 0 Å². The smallest absolute Gasteiger partial charge is 0.266 e. The van der Waals surface area contributed by atoms with Crippen LogP contribution in [-0.2, 0) is 28.7 Å². The van der Waals surface area contributed by atoms with Gasteiger partial charge >= 0.3 is 0 Å². The van der Waals surface area contributed by atoms with Crippen LogP contribution in [-0.4, -0.2) is 217 Å². The number of aryl methyl sites for hydroxylation is 8. The molecule has 0 unspecified atom stereocenters. The lowest BCUT2D eigenvalue weighted by molar-refractivity contribution is -0.141. The van der Waals surface area contributed by atoms with Gasteiger partial charge in [-0.1, -0.05) is 65.8 Å². The highest BCUT2D eigenvalue weighted by atomic mass is 16.5. The third kappa shape index (κ3) is 23.2. The quantitative estimate of drug-likeness (QED) is 0.0818. The average Bonchev–Trinajstić information content (AvgIpc) is 0.777. The van der Waals surface area contributed by atoms with Crippen LogP contribution >= 0.6 is 0 Å². The summed E-state index contributed by atoms with van der Waals surface area (Å²) in [6, 6.07) is 51.4. The molecule has 1 aliphatic carbocycles. The molecule has 139 heavy (non-hydrogen) atoms. The molecular weight excluding hydrogens is 1760 g/mol. The third-order valence-corrected chi connectivity index (χ3v) is 28.8. The number of ether oxygens (including phenoxy) is 7. The van der Waals surface area contributed by atoms with Crippen molar-refractivity contribution in [3.05, 3.63) is 251 Å².